The topological polar surface area (TPSA) is 51.0 Å². The molecular formula is C11H10N2O2S2. The molecule has 4 nitrogen and oxygen atoms in total. The summed E-state index contributed by atoms with van der Waals surface area (Å²) in [6, 6.07) is 9.50. The fourth-order valence-corrected chi connectivity index (χ4v) is 0.928. The molecule has 0 heterocycles. The first kappa shape index (κ1) is 15.3. The van der Waals surface area contributed by atoms with Crippen LogP contribution >= 0.6 is 24.4 Å². The largest absolute Gasteiger partial charge is 0.448 e. The molecule has 0 spiro atoms. The lowest BCUT2D eigenvalue weighted by molar-refractivity contribution is 0.164. The second-order valence-electron chi connectivity index (χ2n) is 2.44. The maximum Gasteiger partial charge on any atom is 0.442 e. The molecule has 1 aromatic rings. The number of nitrogens with zero attached hydrogens (tertiary/aromatic N) is 2. The van der Waals surface area contributed by atoms with Gasteiger partial charge in [0, 0.05) is 0 Å². The van der Waals surface area contributed by atoms with Gasteiger partial charge in [-0.3, -0.25) is 0 Å². The summed E-state index contributed by atoms with van der Waals surface area (Å²) in [5.74, 6) is 0. The Hall–Kier alpha value is -1.71. The van der Waals surface area contributed by atoms with Crippen LogP contribution in [0.3, 0.4) is 0 Å². The van der Waals surface area contributed by atoms with Crippen molar-refractivity contribution in [3.63, 3.8) is 0 Å². The number of thiocarbonyl (C=S) groups is 2. The molecule has 0 aromatic heterocycles. The van der Waals surface area contributed by atoms with Crippen molar-refractivity contribution in [1.29, 1.82) is 0 Å². The third-order valence-electron chi connectivity index (χ3n) is 1.34. The van der Waals surface area contributed by atoms with E-state index in [1.54, 1.807) is 6.92 Å². The second-order valence-corrected chi connectivity index (χ2v) is 2.81. The number of amides is 1. The van der Waals surface area contributed by atoms with Gasteiger partial charge in [-0.1, -0.05) is 18.2 Å². The van der Waals surface area contributed by atoms with Crippen molar-refractivity contribution in [2.45, 2.75) is 6.92 Å². The number of para-hydroxylation sites is 1. The van der Waals surface area contributed by atoms with Crippen molar-refractivity contribution in [3.8, 4) is 0 Å². The zero-order valence-electron chi connectivity index (χ0n) is 9.12. The van der Waals surface area contributed by atoms with E-state index >= 15 is 0 Å². The van der Waals surface area contributed by atoms with Gasteiger partial charge in [0.05, 0.1) is 22.6 Å². The van der Waals surface area contributed by atoms with Crippen molar-refractivity contribution in [2.75, 3.05) is 6.61 Å². The maximum absolute atomic E-state index is 10.1. The molecule has 1 aromatic carbocycles. The van der Waals surface area contributed by atoms with Crippen molar-refractivity contribution < 1.29 is 9.53 Å². The Bertz CT molecular complexity index is 436. The Balaban J connectivity index is 0.000000304. The highest BCUT2D eigenvalue weighted by Gasteiger charge is 1.90. The molecule has 88 valence electrons. The van der Waals surface area contributed by atoms with E-state index in [1.165, 1.54) is 0 Å². The Morgan fingerprint density at radius 1 is 1.29 bits per heavy atom. The van der Waals surface area contributed by atoms with E-state index in [0.717, 1.165) is 5.69 Å². The van der Waals surface area contributed by atoms with Gasteiger partial charge in [0.15, 0.2) is 0 Å². The molecule has 0 fully saturated rings. The fraction of sp³-hybridized carbons (Fsp3) is 0.182. The number of benzene rings is 1. The molecule has 0 N–H and O–H groups in total. The number of isothiocyanates is 2. The number of carbonyl (C=O) groups is 1. The monoisotopic (exact) mass is 266 g/mol. The predicted octanol–water partition coefficient (Wildman–Crippen LogP) is 3.67. The van der Waals surface area contributed by atoms with Crippen LogP contribution in [0.1, 0.15) is 6.92 Å². The summed E-state index contributed by atoms with van der Waals surface area (Å²) in [6.07, 6.45) is -0.678. The third kappa shape index (κ3) is 9.23. The molecule has 1 rings (SSSR count). The van der Waals surface area contributed by atoms with Gasteiger partial charge < -0.3 is 4.74 Å². The molecule has 0 aliphatic heterocycles. The fourth-order valence-electron chi connectivity index (χ4n) is 0.748. The minimum absolute atomic E-state index is 0.319. The molecule has 0 atom stereocenters. The minimum Gasteiger partial charge on any atom is -0.448 e. The lowest BCUT2D eigenvalue weighted by Crippen LogP contribution is -1.95. The van der Waals surface area contributed by atoms with Crippen LogP contribution in [0.25, 0.3) is 0 Å². The minimum atomic E-state index is -0.678. The van der Waals surface area contributed by atoms with Gasteiger partial charge in [-0.25, -0.2) is 4.79 Å². The molecule has 0 aliphatic carbocycles. The summed E-state index contributed by atoms with van der Waals surface area (Å²) in [5.41, 5.74) is 0.854. The van der Waals surface area contributed by atoms with Crippen LogP contribution in [0.15, 0.2) is 40.3 Å². The average molecular weight is 266 g/mol. The summed E-state index contributed by atoms with van der Waals surface area (Å²) in [7, 11) is 0. The number of aliphatic imine (C=N–C) groups is 2. The predicted molar refractivity (Wildman–Crippen MR) is 73.2 cm³/mol. The first-order chi connectivity index (χ1) is 8.24. The van der Waals surface area contributed by atoms with E-state index in [4.69, 9.17) is 0 Å². The van der Waals surface area contributed by atoms with Gasteiger partial charge in [0.25, 0.3) is 0 Å². The van der Waals surface area contributed by atoms with Gasteiger partial charge in [0.2, 0.25) is 0 Å². The number of hydrogen-bond acceptors (Lipinski definition) is 5. The van der Waals surface area contributed by atoms with Crippen molar-refractivity contribution in [2.24, 2.45) is 9.98 Å². The molecule has 17 heavy (non-hydrogen) atoms. The summed E-state index contributed by atoms with van der Waals surface area (Å²) in [4.78, 5) is 16.9. The van der Waals surface area contributed by atoms with Crippen LogP contribution in [0.4, 0.5) is 10.5 Å². The van der Waals surface area contributed by atoms with E-state index in [2.05, 4.69) is 44.3 Å². The van der Waals surface area contributed by atoms with Crippen LogP contribution in [0.2, 0.25) is 0 Å². The molecule has 6 heteroatoms. The van der Waals surface area contributed by atoms with Crippen LogP contribution in [0, 0.1) is 0 Å². The molecule has 1 amide bonds. The maximum atomic E-state index is 10.1. The smallest absolute Gasteiger partial charge is 0.442 e. The number of rotatable bonds is 2. The van der Waals surface area contributed by atoms with Gasteiger partial charge in [-0.15, -0.1) is 4.99 Å². The van der Waals surface area contributed by atoms with E-state index in [9.17, 15) is 4.79 Å². The SMILES string of the molecule is CCOC(=O)N=C=S.S=C=Nc1ccccc1. The van der Waals surface area contributed by atoms with Crippen LogP contribution in [-0.2, 0) is 4.74 Å². The zero-order chi connectivity index (χ0) is 12.9. The van der Waals surface area contributed by atoms with Crippen LogP contribution < -0.4 is 0 Å². The van der Waals surface area contributed by atoms with Gasteiger partial charge in [-0.05, 0) is 43.5 Å². The molecule has 0 radical (unpaired) electrons. The third-order valence-corrected chi connectivity index (χ3v) is 1.52. The highest BCUT2D eigenvalue weighted by molar-refractivity contribution is 7.78. The standard InChI is InChI=1S/C7H5NS.C4H5NO2S/c9-6-8-7-4-2-1-3-5-7;1-2-7-4(6)5-3-8/h1-5H;2H2,1H3. The highest BCUT2D eigenvalue weighted by Crippen LogP contribution is 2.07. The normalized spacial score (nSPS) is 7.59. The second kappa shape index (κ2) is 10.8. The molecule has 0 bridgehead atoms. The van der Waals surface area contributed by atoms with Crippen LogP contribution in [-0.4, -0.2) is 23.0 Å². The zero-order valence-corrected chi connectivity index (χ0v) is 10.8. The van der Waals surface area contributed by atoms with Gasteiger partial charge in [-0.2, -0.15) is 4.99 Å². The Labute approximate surface area is 110 Å². The van der Waals surface area contributed by atoms with Crippen molar-refractivity contribution >= 4 is 46.5 Å². The lowest BCUT2D eigenvalue weighted by Gasteiger charge is -1.88. The molecule has 0 saturated heterocycles. The van der Waals surface area contributed by atoms with E-state index in [-0.39, 0.29) is 0 Å². The summed E-state index contributed by atoms with van der Waals surface area (Å²) >= 11 is 8.54. The van der Waals surface area contributed by atoms with Gasteiger partial charge in [0.1, 0.15) is 0 Å². The van der Waals surface area contributed by atoms with Crippen molar-refractivity contribution in [1.82, 2.24) is 0 Å². The molecule has 0 saturated carbocycles. The Kier molecular flexibility index (Phi) is 9.71. The molecule has 0 unspecified atom stereocenters. The summed E-state index contributed by atoms with van der Waals surface area (Å²) in [6.45, 7) is 2.01. The van der Waals surface area contributed by atoms with Crippen molar-refractivity contribution in [3.05, 3.63) is 30.3 Å². The van der Waals surface area contributed by atoms with E-state index < -0.39 is 6.09 Å². The summed E-state index contributed by atoms with van der Waals surface area (Å²) in [5, 5.41) is 4.18. The van der Waals surface area contributed by atoms with Gasteiger partial charge >= 0.3 is 6.09 Å². The summed E-state index contributed by atoms with van der Waals surface area (Å²) < 4.78 is 4.35. The quantitative estimate of drug-likeness (QED) is 0.605. The molecule has 0 aliphatic rings. The van der Waals surface area contributed by atoms with Crippen LogP contribution in [0.5, 0.6) is 0 Å². The van der Waals surface area contributed by atoms with E-state index in [1.807, 2.05) is 35.5 Å². The Morgan fingerprint density at radius 2 is 1.94 bits per heavy atom. The number of ether oxygens (including phenoxy) is 1. The number of hydrogen-bond donors (Lipinski definition) is 0. The first-order valence-electron chi connectivity index (χ1n) is 4.62. The molecular weight excluding hydrogens is 256 g/mol. The highest BCUT2D eigenvalue weighted by atomic mass is 32.1. The Morgan fingerprint density at radius 3 is 2.41 bits per heavy atom. The number of carbonyl (C=O) groups excluding carboxylic acids is 1. The average Bonchev–Trinajstić information content (AvgIpc) is 2.32. The first-order valence-corrected chi connectivity index (χ1v) is 5.43. The van der Waals surface area contributed by atoms with E-state index in [0.29, 0.717) is 6.61 Å². The lowest BCUT2D eigenvalue weighted by atomic mass is 10.3.